The molecule has 0 saturated carbocycles. The Balaban J connectivity index is 1.95. The van der Waals surface area contributed by atoms with Crippen molar-refractivity contribution in [3.8, 4) is 0 Å². The zero-order chi connectivity index (χ0) is 13.6. The molecule has 5 heteroatoms. The number of piperidine rings is 1. The third kappa shape index (κ3) is 2.08. The summed E-state index contributed by atoms with van der Waals surface area (Å²) >= 11 is 0. The predicted molar refractivity (Wildman–Crippen MR) is 70.6 cm³/mol. The number of aliphatic hydroxyl groups excluding tert-OH is 1. The van der Waals surface area contributed by atoms with Gasteiger partial charge in [-0.05, 0) is 30.9 Å². The number of anilines is 2. The molecule has 3 rings (SSSR count). The lowest BCUT2D eigenvalue weighted by atomic mass is 9.99. The largest absolute Gasteiger partial charge is 0.378 e. The summed E-state index contributed by atoms with van der Waals surface area (Å²) in [6.07, 6.45) is 0.962. The molecule has 1 saturated heterocycles. The molecule has 2 atom stereocenters. The van der Waals surface area contributed by atoms with Gasteiger partial charge in [0.1, 0.15) is 5.82 Å². The van der Waals surface area contributed by atoms with Gasteiger partial charge in [-0.1, -0.05) is 6.92 Å². The SMILES string of the molecule is CC1CCCN(c2cc3c(cc2F)C(O)C(=O)N3)C1. The Morgan fingerprint density at radius 2 is 2.26 bits per heavy atom. The normalized spacial score (nSPS) is 26.3. The van der Waals surface area contributed by atoms with Crippen LogP contribution in [0.25, 0.3) is 0 Å². The molecule has 1 amide bonds. The summed E-state index contributed by atoms with van der Waals surface area (Å²) in [6.45, 7) is 3.81. The highest BCUT2D eigenvalue weighted by atomic mass is 19.1. The number of hydrogen-bond donors (Lipinski definition) is 2. The maximum atomic E-state index is 14.2. The predicted octanol–water partition coefficient (Wildman–Crippen LogP) is 2.05. The van der Waals surface area contributed by atoms with Crippen molar-refractivity contribution in [2.24, 2.45) is 5.92 Å². The molecule has 19 heavy (non-hydrogen) atoms. The van der Waals surface area contributed by atoms with Crippen molar-refractivity contribution in [1.82, 2.24) is 0 Å². The zero-order valence-corrected chi connectivity index (χ0v) is 10.8. The number of nitrogens with zero attached hydrogens (tertiary/aromatic N) is 1. The average Bonchev–Trinajstić information content (AvgIpc) is 2.65. The second kappa shape index (κ2) is 4.49. The summed E-state index contributed by atoms with van der Waals surface area (Å²) in [4.78, 5) is 13.4. The maximum absolute atomic E-state index is 14.2. The van der Waals surface area contributed by atoms with E-state index >= 15 is 0 Å². The first-order chi connectivity index (χ1) is 9.06. The van der Waals surface area contributed by atoms with E-state index in [0.717, 1.165) is 19.5 Å². The van der Waals surface area contributed by atoms with Crippen LogP contribution in [0.15, 0.2) is 12.1 Å². The second-order valence-electron chi connectivity index (χ2n) is 5.48. The first-order valence-corrected chi connectivity index (χ1v) is 6.63. The van der Waals surface area contributed by atoms with E-state index in [1.54, 1.807) is 6.07 Å². The molecule has 2 aliphatic heterocycles. The molecule has 2 heterocycles. The van der Waals surface area contributed by atoms with Crippen LogP contribution < -0.4 is 10.2 Å². The number of rotatable bonds is 1. The summed E-state index contributed by atoms with van der Waals surface area (Å²) in [7, 11) is 0. The number of carbonyl (C=O) groups excluding carboxylic acids is 1. The molecule has 0 aromatic heterocycles. The second-order valence-corrected chi connectivity index (χ2v) is 5.48. The van der Waals surface area contributed by atoms with Crippen molar-refractivity contribution in [3.63, 3.8) is 0 Å². The molecule has 102 valence electrons. The zero-order valence-electron chi connectivity index (χ0n) is 10.8. The molecule has 0 bridgehead atoms. The summed E-state index contributed by atoms with van der Waals surface area (Å²) in [5.41, 5.74) is 1.36. The van der Waals surface area contributed by atoms with Crippen LogP contribution in [-0.4, -0.2) is 24.1 Å². The van der Waals surface area contributed by atoms with Crippen molar-refractivity contribution >= 4 is 17.3 Å². The number of fused-ring (bicyclic) bond motifs is 1. The van der Waals surface area contributed by atoms with E-state index in [0.29, 0.717) is 22.9 Å². The van der Waals surface area contributed by atoms with Gasteiger partial charge in [0.2, 0.25) is 0 Å². The smallest absolute Gasteiger partial charge is 0.257 e. The Morgan fingerprint density at radius 1 is 1.47 bits per heavy atom. The molecule has 0 aliphatic carbocycles. The number of amides is 1. The van der Waals surface area contributed by atoms with Gasteiger partial charge >= 0.3 is 0 Å². The van der Waals surface area contributed by atoms with Crippen molar-refractivity contribution in [2.45, 2.75) is 25.9 Å². The molecule has 4 nitrogen and oxygen atoms in total. The van der Waals surface area contributed by atoms with E-state index in [-0.39, 0.29) is 5.82 Å². The first-order valence-electron chi connectivity index (χ1n) is 6.63. The Hall–Kier alpha value is -1.62. The molecule has 1 fully saturated rings. The van der Waals surface area contributed by atoms with E-state index in [1.165, 1.54) is 12.5 Å². The Bertz CT molecular complexity index is 532. The minimum atomic E-state index is -1.25. The van der Waals surface area contributed by atoms with E-state index < -0.39 is 12.0 Å². The van der Waals surface area contributed by atoms with Crippen LogP contribution in [-0.2, 0) is 4.79 Å². The quantitative estimate of drug-likeness (QED) is 0.816. The molecule has 1 aromatic carbocycles. The van der Waals surface area contributed by atoms with Gasteiger partial charge in [0.05, 0.1) is 5.69 Å². The van der Waals surface area contributed by atoms with E-state index in [9.17, 15) is 14.3 Å². The van der Waals surface area contributed by atoms with Gasteiger partial charge in [-0.15, -0.1) is 0 Å². The van der Waals surface area contributed by atoms with Gasteiger partial charge in [0, 0.05) is 24.3 Å². The van der Waals surface area contributed by atoms with Crippen LogP contribution in [0.2, 0.25) is 0 Å². The molecular formula is C14H17FN2O2. The monoisotopic (exact) mass is 264 g/mol. The van der Waals surface area contributed by atoms with Crippen molar-refractivity contribution in [2.75, 3.05) is 23.3 Å². The fraction of sp³-hybridized carbons (Fsp3) is 0.500. The van der Waals surface area contributed by atoms with Crippen molar-refractivity contribution in [3.05, 3.63) is 23.5 Å². The third-order valence-electron chi connectivity index (χ3n) is 3.92. The molecule has 2 unspecified atom stereocenters. The fourth-order valence-electron chi connectivity index (χ4n) is 2.90. The van der Waals surface area contributed by atoms with Crippen LogP contribution in [0.1, 0.15) is 31.4 Å². The minimum Gasteiger partial charge on any atom is -0.378 e. The van der Waals surface area contributed by atoms with Crippen molar-refractivity contribution in [1.29, 1.82) is 0 Å². The van der Waals surface area contributed by atoms with Gasteiger partial charge in [-0.2, -0.15) is 0 Å². The fourth-order valence-corrected chi connectivity index (χ4v) is 2.90. The maximum Gasteiger partial charge on any atom is 0.257 e. The van der Waals surface area contributed by atoms with E-state index in [1.807, 2.05) is 4.90 Å². The average molecular weight is 264 g/mol. The van der Waals surface area contributed by atoms with Crippen LogP contribution in [0.3, 0.4) is 0 Å². The number of aliphatic hydroxyl groups is 1. The summed E-state index contributed by atoms with van der Waals surface area (Å²) in [5, 5.41) is 12.2. The summed E-state index contributed by atoms with van der Waals surface area (Å²) < 4.78 is 14.2. The summed E-state index contributed by atoms with van der Waals surface area (Å²) in [6, 6.07) is 2.91. The summed E-state index contributed by atoms with van der Waals surface area (Å²) in [5.74, 6) is -0.316. The standard InChI is InChI=1S/C14H17FN2O2/c1-8-3-2-4-17(7-8)12-6-11-9(5-10(12)15)13(18)14(19)16-11/h5-6,8,13,18H,2-4,7H2,1H3,(H,16,19). The molecule has 2 N–H and O–H groups in total. The Morgan fingerprint density at radius 3 is 3.00 bits per heavy atom. The number of halogens is 1. The topological polar surface area (TPSA) is 52.6 Å². The lowest BCUT2D eigenvalue weighted by Gasteiger charge is -2.33. The Kier molecular flexibility index (Phi) is 2.93. The van der Waals surface area contributed by atoms with E-state index in [2.05, 4.69) is 12.2 Å². The number of benzene rings is 1. The molecule has 0 spiro atoms. The van der Waals surface area contributed by atoms with Gasteiger partial charge in [0.25, 0.3) is 5.91 Å². The number of nitrogens with one attached hydrogen (secondary N) is 1. The highest BCUT2D eigenvalue weighted by molar-refractivity contribution is 6.02. The van der Waals surface area contributed by atoms with Gasteiger partial charge in [-0.3, -0.25) is 4.79 Å². The van der Waals surface area contributed by atoms with Gasteiger partial charge in [0.15, 0.2) is 6.10 Å². The van der Waals surface area contributed by atoms with Crippen LogP contribution >= 0.6 is 0 Å². The molecular weight excluding hydrogens is 247 g/mol. The van der Waals surface area contributed by atoms with Crippen molar-refractivity contribution < 1.29 is 14.3 Å². The van der Waals surface area contributed by atoms with Gasteiger partial charge < -0.3 is 15.3 Å². The minimum absolute atomic E-state index is 0.330. The number of carbonyl (C=O) groups is 1. The Labute approximate surface area is 111 Å². The first kappa shape index (κ1) is 12.4. The lowest BCUT2D eigenvalue weighted by Crippen LogP contribution is -2.34. The van der Waals surface area contributed by atoms with Crippen LogP contribution in [0, 0.1) is 11.7 Å². The molecule has 0 radical (unpaired) electrons. The van der Waals surface area contributed by atoms with Gasteiger partial charge in [-0.25, -0.2) is 4.39 Å². The van der Waals surface area contributed by atoms with E-state index in [4.69, 9.17) is 0 Å². The number of hydrogen-bond acceptors (Lipinski definition) is 3. The third-order valence-corrected chi connectivity index (χ3v) is 3.92. The van der Waals surface area contributed by atoms with Crippen LogP contribution in [0.5, 0.6) is 0 Å². The van der Waals surface area contributed by atoms with Crippen LogP contribution in [0.4, 0.5) is 15.8 Å². The molecule has 2 aliphatic rings. The highest BCUT2D eigenvalue weighted by Crippen LogP contribution is 2.36. The molecule has 1 aromatic rings. The lowest BCUT2D eigenvalue weighted by molar-refractivity contribution is -0.123. The highest BCUT2D eigenvalue weighted by Gasteiger charge is 2.31.